The van der Waals surface area contributed by atoms with Crippen molar-refractivity contribution in [3.05, 3.63) is 58.6 Å². The summed E-state index contributed by atoms with van der Waals surface area (Å²) in [4.78, 5) is 29.7. The topological polar surface area (TPSA) is 86.8 Å². The standard InChI is InChI=1S/C27H36ClN3O4S/c1-20(2)18-30-14-7-5-4-6-8-15-31(21(3)32)26-13-12-22(16-23(26)19-30)27(33)29-36(34,35)25-11-9-10-24(28)17-25/h9-13,16-17,20H,4-8,14-15,18-19H2,1-3H3,(H,29,33). The second kappa shape index (κ2) is 12.7. The number of halogens is 1. The highest BCUT2D eigenvalue weighted by Crippen LogP contribution is 2.27. The van der Waals surface area contributed by atoms with Gasteiger partial charge in [0.05, 0.1) is 4.90 Å². The fourth-order valence-corrected chi connectivity index (χ4v) is 5.84. The molecule has 2 aromatic rings. The fraction of sp³-hybridized carbons (Fsp3) is 0.481. The number of benzene rings is 2. The maximum absolute atomic E-state index is 13.0. The average Bonchev–Trinajstić information content (AvgIpc) is 2.79. The highest BCUT2D eigenvalue weighted by Gasteiger charge is 2.23. The van der Waals surface area contributed by atoms with Gasteiger partial charge in [0.25, 0.3) is 15.9 Å². The summed E-state index contributed by atoms with van der Waals surface area (Å²) in [6.45, 7) is 8.89. The molecule has 9 heteroatoms. The number of rotatable bonds is 5. The van der Waals surface area contributed by atoms with Crippen molar-refractivity contribution < 1.29 is 18.0 Å². The van der Waals surface area contributed by atoms with Crippen LogP contribution in [0.25, 0.3) is 0 Å². The number of fused-ring (bicyclic) bond motifs is 1. The zero-order valence-corrected chi connectivity index (χ0v) is 22.9. The molecular formula is C27H36ClN3O4S. The Morgan fingerprint density at radius 2 is 1.69 bits per heavy atom. The molecule has 1 heterocycles. The molecule has 3 rings (SSSR count). The van der Waals surface area contributed by atoms with Crippen LogP contribution in [0.2, 0.25) is 5.02 Å². The Balaban J connectivity index is 1.97. The summed E-state index contributed by atoms with van der Waals surface area (Å²) in [7, 11) is -4.09. The summed E-state index contributed by atoms with van der Waals surface area (Å²) in [6, 6.07) is 10.8. The molecule has 2 aromatic carbocycles. The Bertz CT molecular complexity index is 1180. The number of amides is 2. The molecule has 196 valence electrons. The van der Waals surface area contributed by atoms with Gasteiger partial charge in [0.15, 0.2) is 0 Å². The molecule has 0 bridgehead atoms. The van der Waals surface area contributed by atoms with Gasteiger partial charge in [-0.3, -0.25) is 14.5 Å². The van der Waals surface area contributed by atoms with Crippen molar-refractivity contribution in [3.63, 3.8) is 0 Å². The van der Waals surface area contributed by atoms with Crippen molar-refractivity contribution in [2.45, 2.75) is 64.3 Å². The molecule has 0 saturated heterocycles. The van der Waals surface area contributed by atoms with Crippen LogP contribution in [-0.4, -0.2) is 44.8 Å². The second-order valence-corrected chi connectivity index (χ2v) is 11.9. The van der Waals surface area contributed by atoms with Crippen molar-refractivity contribution in [1.29, 1.82) is 0 Å². The number of sulfonamides is 1. The van der Waals surface area contributed by atoms with Gasteiger partial charge >= 0.3 is 0 Å². The lowest BCUT2D eigenvalue weighted by Crippen LogP contribution is -2.34. The normalized spacial score (nSPS) is 16.1. The lowest BCUT2D eigenvalue weighted by molar-refractivity contribution is -0.116. The SMILES string of the molecule is CC(=O)N1CCCCCCCN(CC(C)C)Cc2cc(C(=O)NS(=O)(=O)c3cccc(Cl)c3)ccc21. The van der Waals surface area contributed by atoms with Crippen LogP contribution in [0, 0.1) is 5.92 Å². The van der Waals surface area contributed by atoms with Crippen LogP contribution in [0.5, 0.6) is 0 Å². The molecule has 1 N–H and O–H groups in total. The molecule has 7 nitrogen and oxygen atoms in total. The molecule has 1 aliphatic rings. The first-order valence-corrected chi connectivity index (χ1v) is 14.4. The minimum Gasteiger partial charge on any atom is -0.312 e. The first kappa shape index (κ1) is 28.2. The van der Waals surface area contributed by atoms with Crippen molar-refractivity contribution in [3.8, 4) is 0 Å². The maximum Gasteiger partial charge on any atom is 0.265 e. The minimum atomic E-state index is -4.09. The molecule has 0 unspecified atom stereocenters. The number of carbonyl (C=O) groups is 2. The Morgan fingerprint density at radius 1 is 1.00 bits per heavy atom. The van der Waals surface area contributed by atoms with Crippen LogP contribution in [0.4, 0.5) is 5.69 Å². The fourth-order valence-electron chi connectivity index (χ4n) is 4.57. The molecule has 0 saturated carbocycles. The van der Waals surface area contributed by atoms with E-state index in [0.29, 0.717) is 19.0 Å². The maximum atomic E-state index is 13.0. The van der Waals surface area contributed by atoms with E-state index in [1.54, 1.807) is 36.1 Å². The third-order valence-electron chi connectivity index (χ3n) is 6.22. The summed E-state index contributed by atoms with van der Waals surface area (Å²) in [5, 5.41) is 0.264. The van der Waals surface area contributed by atoms with E-state index >= 15 is 0 Å². The number of carbonyl (C=O) groups excluding carboxylic acids is 2. The predicted octanol–water partition coefficient (Wildman–Crippen LogP) is 5.23. The Hall–Kier alpha value is -2.42. The number of hydrogen-bond donors (Lipinski definition) is 1. The van der Waals surface area contributed by atoms with Crippen LogP contribution < -0.4 is 9.62 Å². The van der Waals surface area contributed by atoms with Crippen LogP contribution in [0.1, 0.15) is 68.8 Å². The van der Waals surface area contributed by atoms with E-state index in [4.69, 9.17) is 11.6 Å². The van der Waals surface area contributed by atoms with E-state index in [9.17, 15) is 18.0 Å². The average molecular weight is 534 g/mol. The predicted molar refractivity (Wildman–Crippen MR) is 144 cm³/mol. The second-order valence-electron chi connectivity index (χ2n) is 9.80. The zero-order valence-electron chi connectivity index (χ0n) is 21.3. The molecule has 0 radical (unpaired) electrons. The molecule has 0 fully saturated rings. The lowest BCUT2D eigenvalue weighted by Gasteiger charge is -2.30. The van der Waals surface area contributed by atoms with Crippen LogP contribution >= 0.6 is 11.6 Å². The van der Waals surface area contributed by atoms with E-state index in [1.807, 2.05) is 0 Å². The Labute approximate surface area is 219 Å². The monoisotopic (exact) mass is 533 g/mol. The van der Waals surface area contributed by atoms with Gasteiger partial charge in [-0.25, -0.2) is 13.1 Å². The van der Waals surface area contributed by atoms with Gasteiger partial charge in [-0.1, -0.05) is 50.8 Å². The van der Waals surface area contributed by atoms with Crippen molar-refractivity contribution in [2.75, 3.05) is 24.5 Å². The molecule has 0 spiro atoms. The van der Waals surface area contributed by atoms with Gasteiger partial charge in [0.2, 0.25) is 5.91 Å². The van der Waals surface area contributed by atoms with Crippen LogP contribution in [0.3, 0.4) is 0 Å². The Kier molecular flexibility index (Phi) is 9.93. The summed E-state index contributed by atoms with van der Waals surface area (Å²) < 4.78 is 27.7. The lowest BCUT2D eigenvalue weighted by atomic mass is 10.0. The van der Waals surface area contributed by atoms with E-state index in [0.717, 1.165) is 56.4 Å². The smallest absolute Gasteiger partial charge is 0.265 e. The number of nitrogens with one attached hydrogen (secondary N) is 1. The largest absolute Gasteiger partial charge is 0.312 e. The zero-order chi connectivity index (χ0) is 26.3. The first-order chi connectivity index (χ1) is 17.1. The number of nitrogens with zero attached hydrogens (tertiary/aromatic N) is 2. The highest BCUT2D eigenvalue weighted by atomic mass is 35.5. The Morgan fingerprint density at radius 3 is 2.36 bits per heavy atom. The van der Waals surface area contributed by atoms with Gasteiger partial charge in [0.1, 0.15) is 0 Å². The van der Waals surface area contributed by atoms with Gasteiger partial charge in [-0.15, -0.1) is 0 Å². The first-order valence-electron chi connectivity index (χ1n) is 12.5. The van der Waals surface area contributed by atoms with Gasteiger partial charge in [0, 0.05) is 42.8 Å². The molecule has 36 heavy (non-hydrogen) atoms. The summed E-state index contributed by atoms with van der Waals surface area (Å²) in [5.74, 6) is -0.322. The van der Waals surface area contributed by atoms with Crippen molar-refractivity contribution in [2.24, 2.45) is 5.92 Å². The molecule has 0 atom stereocenters. The summed E-state index contributed by atoms with van der Waals surface area (Å²) in [6.07, 6.45) is 5.36. The van der Waals surface area contributed by atoms with Gasteiger partial charge in [-0.05, 0) is 67.3 Å². The minimum absolute atomic E-state index is 0.0514. The van der Waals surface area contributed by atoms with Crippen LogP contribution in [0.15, 0.2) is 47.4 Å². The van der Waals surface area contributed by atoms with E-state index < -0.39 is 15.9 Å². The van der Waals surface area contributed by atoms with Crippen LogP contribution in [-0.2, 0) is 21.4 Å². The highest BCUT2D eigenvalue weighted by molar-refractivity contribution is 7.90. The molecule has 0 aliphatic carbocycles. The summed E-state index contributed by atoms with van der Waals surface area (Å²) >= 11 is 5.93. The van der Waals surface area contributed by atoms with E-state index in [-0.39, 0.29) is 21.4 Å². The number of anilines is 1. The number of hydrogen-bond acceptors (Lipinski definition) is 5. The van der Waals surface area contributed by atoms with E-state index in [1.165, 1.54) is 18.2 Å². The van der Waals surface area contributed by atoms with Crippen molar-refractivity contribution in [1.82, 2.24) is 9.62 Å². The van der Waals surface area contributed by atoms with Gasteiger partial charge < -0.3 is 4.90 Å². The quantitative estimate of drug-likeness (QED) is 0.568. The third-order valence-corrected chi connectivity index (χ3v) is 7.78. The van der Waals surface area contributed by atoms with Crippen molar-refractivity contribution >= 4 is 39.1 Å². The van der Waals surface area contributed by atoms with Gasteiger partial charge in [-0.2, -0.15) is 0 Å². The molecular weight excluding hydrogens is 498 g/mol. The van der Waals surface area contributed by atoms with E-state index in [2.05, 4.69) is 23.5 Å². The summed E-state index contributed by atoms with van der Waals surface area (Å²) in [5.41, 5.74) is 1.82. The molecule has 0 aromatic heterocycles. The molecule has 1 aliphatic heterocycles. The molecule has 2 amide bonds. The third kappa shape index (κ3) is 7.79.